The zero-order valence-electron chi connectivity index (χ0n) is 12.2. The Balaban J connectivity index is 2.59. The number of hydrogen-bond acceptors (Lipinski definition) is 2. The Morgan fingerprint density at radius 3 is 2.45 bits per heavy atom. The maximum atomic E-state index is 12.0. The Bertz CT molecular complexity index is 438. The van der Waals surface area contributed by atoms with Gasteiger partial charge >= 0.3 is 6.03 Å². The molecular weight excluding hydrogens is 320 g/mol. The fourth-order valence-corrected chi connectivity index (χ4v) is 2.65. The van der Waals surface area contributed by atoms with Gasteiger partial charge in [0.05, 0.1) is 6.04 Å². The van der Waals surface area contributed by atoms with Gasteiger partial charge in [-0.05, 0) is 30.9 Å². The minimum atomic E-state index is -0.208. The van der Waals surface area contributed by atoms with E-state index in [0.29, 0.717) is 6.42 Å². The van der Waals surface area contributed by atoms with Crippen LogP contribution in [-0.4, -0.2) is 23.8 Å². The van der Waals surface area contributed by atoms with Gasteiger partial charge in [0.2, 0.25) is 0 Å². The van der Waals surface area contributed by atoms with Crippen LogP contribution in [0.5, 0.6) is 0 Å². The zero-order chi connectivity index (χ0) is 15.1. The number of rotatable bonds is 6. The van der Waals surface area contributed by atoms with Gasteiger partial charge in [-0.2, -0.15) is 0 Å². The summed E-state index contributed by atoms with van der Waals surface area (Å²) in [5.41, 5.74) is 1.03. The summed E-state index contributed by atoms with van der Waals surface area (Å²) in [6.07, 6.45) is 0.564. The molecule has 0 heterocycles. The van der Waals surface area contributed by atoms with E-state index in [9.17, 15) is 4.79 Å². The maximum Gasteiger partial charge on any atom is 0.315 e. The summed E-state index contributed by atoms with van der Waals surface area (Å²) in [5.74, 6) is 0.284. The Labute approximate surface area is 129 Å². The van der Waals surface area contributed by atoms with Crippen LogP contribution in [0, 0.1) is 5.92 Å². The first kappa shape index (κ1) is 17.0. The smallest absolute Gasteiger partial charge is 0.315 e. The molecule has 0 aliphatic rings. The first-order valence-electron chi connectivity index (χ1n) is 6.88. The van der Waals surface area contributed by atoms with Crippen LogP contribution >= 0.6 is 15.9 Å². The summed E-state index contributed by atoms with van der Waals surface area (Å²) in [6, 6.07) is 7.49. The second-order valence-corrected chi connectivity index (χ2v) is 6.08. The number of aliphatic hydroxyl groups excluding tert-OH is 1. The largest absolute Gasteiger partial charge is 0.396 e. The van der Waals surface area contributed by atoms with Crippen LogP contribution in [0.3, 0.4) is 0 Å². The molecule has 0 bridgehead atoms. The summed E-state index contributed by atoms with van der Waals surface area (Å²) in [6.45, 7) is 6.06. The SMILES string of the molecule is CC(NC(=O)NC(CCO)C(C)C)c1ccccc1Br. The molecule has 1 aromatic rings. The van der Waals surface area contributed by atoms with Crippen LogP contribution < -0.4 is 10.6 Å². The van der Waals surface area contributed by atoms with E-state index in [4.69, 9.17) is 5.11 Å². The number of hydrogen-bond donors (Lipinski definition) is 3. The lowest BCUT2D eigenvalue weighted by Crippen LogP contribution is -2.45. The molecular formula is C15H23BrN2O2. The van der Waals surface area contributed by atoms with E-state index < -0.39 is 0 Å². The monoisotopic (exact) mass is 342 g/mol. The van der Waals surface area contributed by atoms with Gasteiger partial charge in [-0.3, -0.25) is 0 Å². The van der Waals surface area contributed by atoms with Gasteiger partial charge in [0, 0.05) is 17.1 Å². The lowest BCUT2D eigenvalue weighted by Gasteiger charge is -2.23. The number of urea groups is 1. The number of benzene rings is 1. The van der Waals surface area contributed by atoms with Crippen molar-refractivity contribution in [3.05, 3.63) is 34.3 Å². The highest BCUT2D eigenvalue weighted by Gasteiger charge is 2.17. The summed E-state index contributed by atoms with van der Waals surface area (Å²) in [4.78, 5) is 12.0. The predicted octanol–water partition coefficient (Wildman–Crippen LogP) is 3.22. The third-order valence-corrected chi connectivity index (χ3v) is 4.00. The highest BCUT2D eigenvalue weighted by atomic mass is 79.9. The Hall–Kier alpha value is -1.07. The molecule has 4 nitrogen and oxygen atoms in total. The molecule has 0 saturated carbocycles. The van der Waals surface area contributed by atoms with Crippen LogP contribution in [0.2, 0.25) is 0 Å². The average molecular weight is 343 g/mol. The summed E-state index contributed by atoms with van der Waals surface area (Å²) in [5, 5.41) is 14.8. The molecule has 5 heteroatoms. The van der Waals surface area contributed by atoms with E-state index in [1.165, 1.54) is 0 Å². The number of nitrogens with one attached hydrogen (secondary N) is 2. The van der Waals surface area contributed by atoms with Gasteiger partial charge in [0.1, 0.15) is 0 Å². The molecule has 1 aromatic carbocycles. The van der Waals surface area contributed by atoms with Crippen molar-refractivity contribution in [3.8, 4) is 0 Å². The van der Waals surface area contributed by atoms with E-state index in [1.54, 1.807) is 0 Å². The molecule has 0 saturated heterocycles. The average Bonchev–Trinajstić information content (AvgIpc) is 2.38. The number of halogens is 1. The van der Waals surface area contributed by atoms with Crippen LogP contribution in [0.4, 0.5) is 4.79 Å². The van der Waals surface area contributed by atoms with E-state index in [1.807, 2.05) is 45.0 Å². The molecule has 1 rings (SSSR count). The van der Waals surface area contributed by atoms with Crippen LogP contribution in [0.1, 0.15) is 38.8 Å². The number of carbonyl (C=O) groups excluding carboxylic acids is 1. The first-order valence-corrected chi connectivity index (χ1v) is 7.67. The number of amides is 2. The summed E-state index contributed by atoms with van der Waals surface area (Å²) >= 11 is 3.48. The second-order valence-electron chi connectivity index (χ2n) is 5.22. The quantitative estimate of drug-likeness (QED) is 0.743. The summed E-state index contributed by atoms with van der Waals surface area (Å²) < 4.78 is 0.976. The fourth-order valence-electron chi connectivity index (χ4n) is 2.02. The van der Waals surface area contributed by atoms with E-state index in [0.717, 1.165) is 10.0 Å². The Morgan fingerprint density at radius 2 is 1.90 bits per heavy atom. The minimum absolute atomic E-state index is 0.0218. The Morgan fingerprint density at radius 1 is 1.25 bits per heavy atom. The van der Waals surface area contributed by atoms with Crippen LogP contribution in [0.25, 0.3) is 0 Å². The lowest BCUT2D eigenvalue weighted by atomic mass is 10.0. The van der Waals surface area contributed by atoms with Crippen molar-refractivity contribution in [1.82, 2.24) is 10.6 Å². The van der Waals surface area contributed by atoms with E-state index in [2.05, 4.69) is 26.6 Å². The Kier molecular flexibility index (Phi) is 7.02. The van der Waals surface area contributed by atoms with Gasteiger partial charge in [0.15, 0.2) is 0 Å². The van der Waals surface area contributed by atoms with E-state index >= 15 is 0 Å². The fraction of sp³-hybridized carbons (Fsp3) is 0.533. The normalized spacial score (nSPS) is 13.9. The van der Waals surface area contributed by atoms with Crippen molar-refractivity contribution < 1.29 is 9.90 Å². The second kappa shape index (κ2) is 8.27. The third kappa shape index (κ3) is 5.13. The molecule has 2 unspecified atom stereocenters. The molecule has 2 atom stereocenters. The molecule has 0 aromatic heterocycles. The molecule has 0 fully saturated rings. The summed E-state index contributed by atoms with van der Waals surface area (Å²) in [7, 11) is 0. The van der Waals surface area contributed by atoms with Crippen molar-refractivity contribution in [2.24, 2.45) is 5.92 Å². The lowest BCUT2D eigenvalue weighted by molar-refractivity contribution is 0.216. The number of aliphatic hydroxyl groups is 1. The third-order valence-electron chi connectivity index (χ3n) is 3.28. The molecule has 20 heavy (non-hydrogen) atoms. The van der Waals surface area contributed by atoms with Crippen molar-refractivity contribution >= 4 is 22.0 Å². The maximum absolute atomic E-state index is 12.0. The van der Waals surface area contributed by atoms with Crippen LogP contribution in [0.15, 0.2) is 28.7 Å². The molecule has 0 spiro atoms. The molecule has 0 aliphatic heterocycles. The van der Waals surface area contributed by atoms with Crippen molar-refractivity contribution in [1.29, 1.82) is 0 Å². The standard InChI is InChI=1S/C15H23BrN2O2/c1-10(2)14(8-9-19)18-15(20)17-11(3)12-6-4-5-7-13(12)16/h4-7,10-11,14,19H,8-9H2,1-3H3,(H2,17,18,20). The molecule has 2 amide bonds. The van der Waals surface area contributed by atoms with Crippen molar-refractivity contribution in [2.45, 2.75) is 39.3 Å². The van der Waals surface area contributed by atoms with Crippen molar-refractivity contribution in [3.63, 3.8) is 0 Å². The van der Waals surface area contributed by atoms with E-state index in [-0.39, 0.29) is 30.6 Å². The van der Waals surface area contributed by atoms with Gasteiger partial charge in [0.25, 0.3) is 0 Å². The van der Waals surface area contributed by atoms with Crippen LogP contribution in [-0.2, 0) is 0 Å². The molecule has 3 N–H and O–H groups in total. The zero-order valence-corrected chi connectivity index (χ0v) is 13.8. The predicted molar refractivity (Wildman–Crippen MR) is 84.6 cm³/mol. The minimum Gasteiger partial charge on any atom is -0.396 e. The van der Waals surface area contributed by atoms with Gasteiger partial charge in [-0.15, -0.1) is 0 Å². The van der Waals surface area contributed by atoms with Gasteiger partial charge in [-0.1, -0.05) is 48.0 Å². The number of carbonyl (C=O) groups is 1. The molecule has 0 aliphatic carbocycles. The highest BCUT2D eigenvalue weighted by Crippen LogP contribution is 2.22. The highest BCUT2D eigenvalue weighted by molar-refractivity contribution is 9.10. The molecule has 0 radical (unpaired) electrons. The van der Waals surface area contributed by atoms with Gasteiger partial charge < -0.3 is 15.7 Å². The van der Waals surface area contributed by atoms with Crippen molar-refractivity contribution in [2.75, 3.05) is 6.61 Å². The topological polar surface area (TPSA) is 61.4 Å². The molecule has 112 valence electrons. The first-order chi connectivity index (χ1) is 9.45. The van der Waals surface area contributed by atoms with Gasteiger partial charge in [-0.25, -0.2) is 4.79 Å².